The van der Waals surface area contributed by atoms with Crippen LogP contribution in [0, 0.1) is 0 Å². The van der Waals surface area contributed by atoms with Gasteiger partial charge >= 0.3 is 6.09 Å². The van der Waals surface area contributed by atoms with E-state index in [1.807, 2.05) is 13.0 Å². The van der Waals surface area contributed by atoms with E-state index in [-0.39, 0.29) is 18.0 Å². The van der Waals surface area contributed by atoms with Crippen LogP contribution in [0.15, 0.2) is 18.3 Å². The Kier molecular flexibility index (Phi) is 6.30. The van der Waals surface area contributed by atoms with Crippen LogP contribution in [0.25, 0.3) is 0 Å². The quantitative estimate of drug-likeness (QED) is 0.844. The SMILES string of the molecule is CCOC(=O)N1CCC(Nc2cc(C(=O)NC3CCCC3)ccn2)CC1. The molecule has 0 unspecified atom stereocenters. The summed E-state index contributed by atoms with van der Waals surface area (Å²) < 4.78 is 5.04. The van der Waals surface area contributed by atoms with Crippen molar-refractivity contribution >= 4 is 17.8 Å². The summed E-state index contributed by atoms with van der Waals surface area (Å²) in [5.41, 5.74) is 0.637. The molecule has 7 nitrogen and oxygen atoms in total. The van der Waals surface area contributed by atoms with Crippen molar-refractivity contribution in [1.82, 2.24) is 15.2 Å². The number of rotatable bonds is 5. The van der Waals surface area contributed by atoms with E-state index in [0.29, 0.717) is 37.1 Å². The smallest absolute Gasteiger partial charge is 0.409 e. The van der Waals surface area contributed by atoms with Gasteiger partial charge < -0.3 is 20.3 Å². The van der Waals surface area contributed by atoms with Crippen LogP contribution < -0.4 is 10.6 Å². The monoisotopic (exact) mass is 360 g/mol. The van der Waals surface area contributed by atoms with Crippen molar-refractivity contribution in [3.63, 3.8) is 0 Å². The molecule has 1 aliphatic heterocycles. The molecular formula is C19H28N4O3. The van der Waals surface area contributed by atoms with Crippen molar-refractivity contribution in [3.8, 4) is 0 Å². The minimum absolute atomic E-state index is 0.0283. The number of piperidine rings is 1. The molecule has 142 valence electrons. The van der Waals surface area contributed by atoms with Crippen LogP contribution in [0.1, 0.15) is 55.8 Å². The van der Waals surface area contributed by atoms with E-state index in [0.717, 1.165) is 25.7 Å². The lowest BCUT2D eigenvalue weighted by Crippen LogP contribution is -2.42. The zero-order valence-electron chi connectivity index (χ0n) is 15.4. The van der Waals surface area contributed by atoms with E-state index >= 15 is 0 Å². The first-order valence-corrected chi connectivity index (χ1v) is 9.61. The number of aromatic nitrogens is 1. The zero-order valence-corrected chi connectivity index (χ0v) is 15.4. The Morgan fingerprint density at radius 3 is 2.62 bits per heavy atom. The van der Waals surface area contributed by atoms with Gasteiger partial charge in [0.15, 0.2) is 0 Å². The van der Waals surface area contributed by atoms with E-state index < -0.39 is 0 Å². The summed E-state index contributed by atoms with van der Waals surface area (Å²) in [7, 11) is 0. The van der Waals surface area contributed by atoms with Gasteiger partial charge in [0.25, 0.3) is 5.91 Å². The first-order chi connectivity index (χ1) is 12.7. The molecule has 0 radical (unpaired) electrons. The first-order valence-electron chi connectivity index (χ1n) is 9.61. The van der Waals surface area contributed by atoms with E-state index in [9.17, 15) is 9.59 Å². The van der Waals surface area contributed by atoms with Crippen LogP contribution in [-0.2, 0) is 4.74 Å². The van der Waals surface area contributed by atoms with Crippen LogP contribution in [0.5, 0.6) is 0 Å². The molecule has 1 saturated heterocycles. The molecule has 1 aromatic heterocycles. The first kappa shape index (κ1) is 18.5. The van der Waals surface area contributed by atoms with Crippen molar-refractivity contribution in [2.24, 2.45) is 0 Å². The van der Waals surface area contributed by atoms with Crippen LogP contribution >= 0.6 is 0 Å². The number of nitrogens with one attached hydrogen (secondary N) is 2. The predicted molar refractivity (Wildman–Crippen MR) is 99.2 cm³/mol. The second-order valence-electron chi connectivity index (χ2n) is 6.99. The van der Waals surface area contributed by atoms with Crippen molar-refractivity contribution in [2.45, 2.75) is 57.5 Å². The van der Waals surface area contributed by atoms with E-state index in [4.69, 9.17) is 4.74 Å². The zero-order chi connectivity index (χ0) is 18.4. The number of ether oxygens (including phenoxy) is 1. The largest absolute Gasteiger partial charge is 0.450 e. The summed E-state index contributed by atoms with van der Waals surface area (Å²) in [6.07, 6.45) is 7.62. The number of carbonyl (C=O) groups is 2. The fourth-order valence-corrected chi connectivity index (χ4v) is 3.62. The van der Waals surface area contributed by atoms with Gasteiger partial charge in [-0.2, -0.15) is 0 Å². The maximum Gasteiger partial charge on any atom is 0.409 e. The molecule has 2 fully saturated rings. The molecule has 1 aliphatic carbocycles. The highest BCUT2D eigenvalue weighted by Gasteiger charge is 2.24. The molecule has 0 bridgehead atoms. The van der Waals surface area contributed by atoms with Gasteiger partial charge in [0.05, 0.1) is 6.61 Å². The molecule has 0 aromatic carbocycles. The summed E-state index contributed by atoms with van der Waals surface area (Å²) >= 11 is 0. The minimum atomic E-state index is -0.241. The number of hydrogen-bond acceptors (Lipinski definition) is 5. The number of likely N-dealkylation sites (tertiary alicyclic amines) is 1. The third kappa shape index (κ3) is 4.86. The molecule has 2 heterocycles. The standard InChI is InChI=1S/C19H28N4O3/c1-2-26-19(25)23-11-8-16(9-12-23)21-17-13-14(7-10-20-17)18(24)22-15-5-3-4-6-15/h7,10,13,15-16H,2-6,8-9,11-12H2,1H3,(H,20,21)(H,22,24). The van der Waals surface area contributed by atoms with Crippen LogP contribution in [-0.4, -0.2) is 53.7 Å². The topological polar surface area (TPSA) is 83.6 Å². The molecule has 2 amide bonds. The average Bonchev–Trinajstić information content (AvgIpc) is 3.16. The van der Waals surface area contributed by atoms with Gasteiger partial charge in [-0.1, -0.05) is 12.8 Å². The summed E-state index contributed by atoms with van der Waals surface area (Å²) in [6, 6.07) is 4.10. The van der Waals surface area contributed by atoms with E-state index in [1.165, 1.54) is 12.8 Å². The fourth-order valence-electron chi connectivity index (χ4n) is 3.62. The third-order valence-corrected chi connectivity index (χ3v) is 5.09. The molecule has 7 heteroatoms. The van der Waals surface area contributed by atoms with E-state index in [1.54, 1.807) is 17.2 Å². The highest BCUT2D eigenvalue weighted by Crippen LogP contribution is 2.19. The molecule has 3 rings (SSSR count). The van der Waals surface area contributed by atoms with Gasteiger partial charge in [-0.25, -0.2) is 9.78 Å². The van der Waals surface area contributed by atoms with Gasteiger partial charge in [-0.15, -0.1) is 0 Å². The van der Waals surface area contributed by atoms with Gasteiger partial charge in [0, 0.05) is 36.9 Å². The molecule has 26 heavy (non-hydrogen) atoms. The number of pyridine rings is 1. The Morgan fingerprint density at radius 1 is 1.19 bits per heavy atom. The van der Waals surface area contributed by atoms with Crippen molar-refractivity contribution in [3.05, 3.63) is 23.9 Å². The Hall–Kier alpha value is -2.31. The lowest BCUT2D eigenvalue weighted by molar-refractivity contribution is 0.0936. The second kappa shape index (κ2) is 8.87. The Labute approximate surface area is 154 Å². The highest BCUT2D eigenvalue weighted by atomic mass is 16.6. The van der Waals surface area contributed by atoms with Crippen molar-refractivity contribution in [2.75, 3.05) is 25.0 Å². The number of carbonyl (C=O) groups excluding carboxylic acids is 2. The summed E-state index contributed by atoms with van der Waals surface area (Å²) in [6.45, 7) is 3.54. The van der Waals surface area contributed by atoms with E-state index in [2.05, 4.69) is 15.6 Å². The molecule has 2 N–H and O–H groups in total. The Morgan fingerprint density at radius 2 is 1.92 bits per heavy atom. The Bertz CT molecular complexity index is 623. The molecule has 1 saturated carbocycles. The number of nitrogens with zero attached hydrogens (tertiary/aromatic N) is 2. The number of amides is 2. The maximum absolute atomic E-state index is 12.4. The fraction of sp³-hybridized carbons (Fsp3) is 0.632. The number of anilines is 1. The predicted octanol–water partition coefficient (Wildman–Crippen LogP) is 2.79. The average molecular weight is 360 g/mol. The third-order valence-electron chi connectivity index (χ3n) is 5.09. The molecule has 2 aliphatic rings. The van der Waals surface area contributed by atoms with Crippen molar-refractivity contribution < 1.29 is 14.3 Å². The van der Waals surface area contributed by atoms with Crippen LogP contribution in [0.2, 0.25) is 0 Å². The summed E-state index contributed by atoms with van der Waals surface area (Å²) in [5, 5.41) is 6.50. The van der Waals surface area contributed by atoms with Gasteiger partial charge in [0.2, 0.25) is 0 Å². The van der Waals surface area contributed by atoms with Crippen LogP contribution in [0.4, 0.5) is 10.6 Å². The molecule has 0 spiro atoms. The van der Waals surface area contributed by atoms with Gasteiger partial charge in [0.1, 0.15) is 5.82 Å². The summed E-state index contributed by atoms with van der Waals surface area (Å²) in [5.74, 6) is 0.679. The molecular weight excluding hydrogens is 332 g/mol. The highest BCUT2D eigenvalue weighted by molar-refractivity contribution is 5.95. The second-order valence-corrected chi connectivity index (χ2v) is 6.99. The van der Waals surface area contributed by atoms with Crippen LogP contribution in [0.3, 0.4) is 0 Å². The lowest BCUT2D eigenvalue weighted by Gasteiger charge is -2.31. The minimum Gasteiger partial charge on any atom is -0.450 e. The summed E-state index contributed by atoms with van der Waals surface area (Å²) in [4.78, 5) is 30.2. The maximum atomic E-state index is 12.4. The van der Waals surface area contributed by atoms with Gasteiger partial charge in [-0.05, 0) is 44.7 Å². The van der Waals surface area contributed by atoms with Crippen molar-refractivity contribution in [1.29, 1.82) is 0 Å². The molecule has 0 atom stereocenters. The normalized spacial score (nSPS) is 18.6. The Balaban J connectivity index is 1.51. The lowest BCUT2D eigenvalue weighted by atomic mass is 10.1. The number of hydrogen-bond donors (Lipinski definition) is 2. The van der Waals surface area contributed by atoms with Gasteiger partial charge in [-0.3, -0.25) is 4.79 Å². The molecule has 1 aromatic rings.